The third-order valence-corrected chi connectivity index (χ3v) is 2.89. The van der Waals surface area contributed by atoms with Gasteiger partial charge in [-0.25, -0.2) is 4.98 Å². The average molecular weight is 216 g/mol. The highest BCUT2D eigenvalue weighted by molar-refractivity contribution is 5.50. The number of rotatable bonds is 2. The topological polar surface area (TPSA) is 77.8 Å². The Balaban J connectivity index is 1.89. The van der Waals surface area contributed by atoms with Crippen LogP contribution in [0.2, 0.25) is 0 Å². The Morgan fingerprint density at radius 3 is 2.88 bits per heavy atom. The van der Waals surface area contributed by atoms with E-state index >= 15 is 0 Å². The summed E-state index contributed by atoms with van der Waals surface area (Å²) < 4.78 is 5.18. The molecule has 3 rings (SSSR count). The molecule has 1 saturated carbocycles. The van der Waals surface area contributed by atoms with E-state index in [1.165, 1.54) is 0 Å². The zero-order chi connectivity index (χ0) is 11.1. The molecule has 2 unspecified atom stereocenters. The summed E-state index contributed by atoms with van der Waals surface area (Å²) in [6, 6.07) is 3.55. The predicted molar refractivity (Wildman–Crippen MR) is 58.5 cm³/mol. The van der Waals surface area contributed by atoms with Gasteiger partial charge in [0.25, 0.3) is 5.89 Å². The first kappa shape index (κ1) is 9.33. The van der Waals surface area contributed by atoms with Crippen molar-refractivity contribution in [1.29, 1.82) is 0 Å². The molecule has 16 heavy (non-hydrogen) atoms. The van der Waals surface area contributed by atoms with E-state index in [1.807, 2.05) is 0 Å². The number of hydrogen-bond donors (Lipinski definition) is 1. The fraction of sp³-hybridized carbons (Fsp3) is 0.364. The molecule has 0 spiro atoms. The normalized spacial score (nSPS) is 23.3. The Morgan fingerprint density at radius 1 is 1.44 bits per heavy atom. The van der Waals surface area contributed by atoms with Crippen LogP contribution in [0.5, 0.6) is 0 Å². The SMILES string of the molecule is CC1CC1c1noc(-c2ccc(N)cn2)n1. The van der Waals surface area contributed by atoms with E-state index in [4.69, 9.17) is 10.3 Å². The maximum absolute atomic E-state index is 5.56. The molecule has 2 heterocycles. The molecule has 0 aromatic carbocycles. The molecule has 82 valence electrons. The van der Waals surface area contributed by atoms with Gasteiger partial charge in [0.15, 0.2) is 5.82 Å². The van der Waals surface area contributed by atoms with E-state index < -0.39 is 0 Å². The van der Waals surface area contributed by atoms with Crippen molar-refractivity contribution >= 4 is 5.69 Å². The highest BCUT2D eigenvalue weighted by Gasteiger charge is 2.38. The molecule has 0 saturated heterocycles. The average Bonchev–Trinajstić information content (AvgIpc) is 2.82. The van der Waals surface area contributed by atoms with Crippen molar-refractivity contribution in [3.05, 3.63) is 24.2 Å². The maximum atomic E-state index is 5.56. The zero-order valence-corrected chi connectivity index (χ0v) is 8.92. The number of nitrogens with zero attached hydrogens (tertiary/aromatic N) is 3. The molecule has 1 aliphatic carbocycles. The van der Waals surface area contributed by atoms with E-state index in [-0.39, 0.29) is 0 Å². The van der Waals surface area contributed by atoms with Crippen molar-refractivity contribution in [2.24, 2.45) is 5.92 Å². The van der Waals surface area contributed by atoms with Crippen LogP contribution >= 0.6 is 0 Å². The lowest BCUT2D eigenvalue weighted by Gasteiger charge is -1.93. The van der Waals surface area contributed by atoms with Crippen molar-refractivity contribution < 1.29 is 4.52 Å². The summed E-state index contributed by atoms with van der Waals surface area (Å²) in [5, 5.41) is 3.97. The molecule has 1 aliphatic rings. The third-order valence-electron chi connectivity index (χ3n) is 2.89. The molecular formula is C11H12N4O. The van der Waals surface area contributed by atoms with Gasteiger partial charge < -0.3 is 10.3 Å². The largest absolute Gasteiger partial charge is 0.397 e. The first-order chi connectivity index (χ1) is 7.74. The van der Waals surface area contributed by atoms with E-state index in [9.17, 15) is 0 Å². The highest BCUT2D eigenvalue weighted by atomic mass is 16.5. The van der Waals surface area contributed by atoms with Crippen molar-refractivity contribution in [1.82, 2.24) is 15.1 Å². The second-order valence-electron chi connectivity index (χ2n) is 4.25. The lowest BCUT2D eigenvalue weighted by molar-refractivity contribution is 0.421. The first-order valence-corrected chi connectivity index (χ1v) is 5.29. The quantitative estimate of drug-likeness (QED) is 0.828. The van der Waals surface area contributed by atoms with Crippen molar-refractivity contribution in [2.75, 3.05) is 5.73 Å². The minimum absolute atomic E-state index is 0.464. The van der Waals surface area contributed by atoms with Crippen molar-refractivity contribution in [3.8, 4) is 11.6 Å². The molecule has 0 aliphatic heterocycles. The lowest BCUT2D eigenvalue weighted by atomic mass is 10.3. The van der Waals surface area contributed by atoms with Gasteiger partial charge >= 0.3 is 0 Å². The number of pyridine rings is 1. The Morgan fingerprint density at radius 2 is 2.25 bits per heavy atom. The predicted octanol–water partition coefficient (Wildman–Crippen LogP) is 1.84. The van der Waals surface area contributed by atoms with Gasteiger partial charge in [-0.15, -0.1) is 0 Å². The van der Waals surface area contributed by atoms with Crippen LogP contribution in [-0.4, -0.2) is 15.1 Å². The Kier molecular flexibility index (Phi) is 1.92. The van der Waals surface area contributed by atoms with Crippen LogP contribution in [0.4, 0.5) is 5.69 Å². The van der Waals surface area contributed by atoms with Gasteiger partial charge in [0.05, 0.1) is 11.9 Å². The standard InChI is InChI=1S/C11H12N4O/c1-6-4-8(6)10-14-11(16-15-10)9-3-2-7(12)5-13-9/h2-3,5-6,8H,4,12H2,1H3. The molecule has 0 radical (unpaired) electrons. The van der Waals surface area contributed by atoms with E-state index in [2.05, 4.69) is 22.0 Å². The highest BCUT2D eigenvalue weighted by Crippen LogP contribution is 2.45. The molecule has 2 aromatic rings. The number of hydrogen-bond acceptors (Lipinski definition) is 5. The maximum Gasteiger partial charge on any atom is 0.276 e. The van der Waals surface area contributed by atoms with Gasteiger partial charge in [-0.1, -0.05) is 12.1 Å². The smallest absolute Gasteiger partial charge is 0.276 e. The molecule has 2 aromatic heterocycles. The van der Waals surface area contributed by atoms with Crippen LogP contribution in [0.1, 0.15) is 25.1 Å². The van der Waals surface area contributed by atoms with Crippen molar-refractivity contribution in [2.45, 2.75) is 19.3 Å². The van der Waals surface area contributed by atoms with Crippen molar-refractivity contribution in [3.63, 3.8) is 0 Å². The molecule has 2 N–H and O–H groups in total. The molecular weight excluding hydrogens is 204 g/mol. The Labute approximate surface area is 92.7 Å². The second kappa shape index (κ2) is 3.30. The number of nitrogen functional groups attached to an aromatic ring is 1. The van der Waals surface area contributed by atoms with Gasteiger partial charge in [-0.2, -0.15) is 4.98 Å². The zero-order valence-electron chi connectivity index (χ0n) is 8.92. The third kappa shape index (κ3) is 1.54. The summed E-state index contributed by atoms with van der Waals surface area (Å²) in [6.07, 6.45) is 2.73. The molecule has 5 nitrogen and oxygen atoms in total. The minimum atomic E-state index is 0.464. The Hall–Kier alpha value is -1.91. The number of anilines is 1. The summed E-state index contributed by atoms with van der Waals surface area (Å²) in [5.41, 5.74) is 6.85. The lowest BCUT2D eigenvalue weighted by Crippen LogP contribution is -1.89. The fourth-order valence-corrected chi connectivity index (χ4v) is 1.70. The van der Waals surface area contributed by atoms with E-state index in [0.717, 1.165) is 12.2 Å². The first-order valence-electron chi connectivity index (χ1n) is 5.29. The van der Waals surface area contributed by atoms with E-state index in [1.54, 1.807) is 18.3 Å². The van der Waals surface area contributed by atoms with Gasteiger partial charge in [0, 0.05) is 5.92 Å². The summed E-state index contributed by atoms with van der Waals surface area (Å²) >= 11 is 0. The van der Waals surface area contributed by atoms with Crippen LogP contribution in [0.3, 0.4) is 0 Å². The van der Waals surface area contributed by atoms with Crippen LogP contribution in [0.25, 0.3) is 11.6 Å². The molecule has 0 bridgehead atoms. The summed E-state index contributed by atoms with van der Waals surface area (Å²) in [5.74, 6) is 2.39. The van der Waals surface area contributed by atoms with Crippen LogP contribution in [-0.2, 0) is 0 Å². The van der Waals surface area contributed by atoms with Crippen LogP contribution < -0.4 is 5.73 Å². The summed E-state index contributed by atoms with van der Waals surface area (Å²) in [7, 11) is 0. The van der Waals surface area contributed by atoms with Crippen LogP contribution in [0, 0.1) is 5.92 Å². The van der Waals surface area contributed by atoms with Gasteiger partial charge in [0.1, 0.15) is 5.69 Å². The molecule has 5 heteroatoms. The van der Waals surface area contributed by atoms with Gasteiger partial charge in [0.2, 0.25) is 0 Å². The molecule has 1 fully saturated rings. The number of nitrogens with two attached hydrogens (primary N) is 1. The fourth-order valence-electron chi connectivity index (χ4n) is 1.70. The number of aromatic nitrogens is 3. The van der Waals surface area contributed by atoms with Gasteiger partial charge in [-0.05, 0) is 24.5 Å². The van der Waals surface area contributed by atoms with Gasteiger partial charge in [-0.3, -0.25) is 0 Å². The summed E-state index contributed by atoms with van der Waals surface area (Å²) in [4.78, 5) is 8.48. The summed E-state index contributed by atoms with van der Waals surface area (Å²) in [6.45, 7) is 2.18. The van der Waals surface area contributed by atoms with Crippen LogP contribution in [0.15, 0.2) is 22.9 Å². The van der Waals surface area contributed by atoms with E-state index in [0.29, 0.717) is 29.1 Å². The monoisotopic (exact) mass is 216 g/mol. The minimum Gasteiger partial charge on any atom is -0.397 e. The Bertz CT molecular complexity index is 505. The molecule has 0 amide bonds. The molecule has 2 atom stereocenters. The second-order valence-corrected chi connectivity index (χ2v) is 4.25.